The van der Waals surface area contributed by atoms with Crippen molar-refractivity contribution in [2.24, 2.45) is 0 Å². The molecule has 0 aromatic heterocycles. The van der Waals surface area contributed by atoms with Crippen LogP contribution in [0, 0.1) is 13.8 Å². The number of hydrogen-bond donors (Lipinski definition) is 1. The molecule has 3 aromatic carbocycles. The maximum atomic E-state index is 12.9. The van der Waals surface area contributed by atoms with Gasteiger partial charge in [0, 0.05) is 24.3 Å². The van der Waals surface area contributed by atoms with Gasteiger partial charge >= 0.3 is 0 Å². The Hall–Kier alpha value is -2.96. The summed E-state index contributed by atoms with van der Waals surface area (Å²) in [6, 6.07) is 21.3. The van der Waals surface area contributed by atoms with Crippen LogP contribution >= 0.6 is 0 Å². The van der Waals surface area contributed by atoms with Gasteiger partial charge in [-0.25, -0.2) is 8.42 Å². The SMILES string of the molecule is CCN(Cc1ccc(C(=O)Nc2cc(C)cc(C)c2)cc1)S(=O)(=O)c1ccccc1. The third-order valence-electron chi connectivity index (χ3n) is 4.79. The normalized spacial score (nSPS) is 11.5. The summed E-state index contributed by atoms with van der Waals surface area (Å²) < 4.78 is 27.1. The van der Waals surface area contributed by atoms with Crippen molar-refractivity contribution < 1.29 is 13.2 Å². The molecule has 1 amide bonds. The summed E-state index contributed by atoms with van der Waals surface area (Å²) in [4.78, 5) is 12.8. The van der Waals surface area contributed by atoms with Gasteiger partial charge < -0.3 is 5.32 Å². The van der Waals surface area contributed by atoms with Gasteiger partial charge in [-0.05, 0) is 66.9 Å². The molecule has 0 radical (unpaired) electrons. The Morgan fingerprint density at radius 3 is 2.07 bits per heavy atom. The second-order valence-corrected chi connectivity index (χ2v) is 9.21. The van der Waals surface area contributed by atoms with Crippen molar-refractivity contribution in [1.82, 2.24) is 4.31 Å². The van der Waals surface area contributed by atoms with Gasteiger partial charge in [0.2, 0.25) is 10.0 Å². The number of carbonyl (C=O) groups is 1. The molecule has 0 bridgehead atoms. The van der Waals surface area contributed by atoms with Crippen LogP contribution in [0.5, 0.6) is 0 Å². The number of hydrogen-bond acceptors (Lipinski definition) is 3. The van der Waals surface area contributed by atoms with Crippen LogP contribution in [0.4, 0.5) is 5.69 Å². The molecule has 6 heteroatoms. The van der Waals surface area contributed by atoms with Crippen molar-refractivity contribution in [3.8, 4) is 0 Å². The minimum Gasteiger partial charge on any atom is -0.322 e. The lowest BCUT2D eigenvalue weighted by Gasteiger charge is -2.20. The highest BCUT2D eigenvalue weighted by Gasteiger charge is 2.23. The van der Waals surface area contributed by atoms with Crippen molar-refractivity contribution in [1.29, 1.82) is 0 Å². The van der Waals surface area contributed by atoms with E-state index in [9.17, 15) is 13.2 Å². The molecule has 0 aliphatic heterocycles. The molecule has 0 saturated carbocycles. The quantitative estimate of drug-likeness (QED) is 0.597. The van der Waals surface area contributed by atoms with E-state index in [4.69, 9.17) is 0 Å². The Morgan fingerprint density at radius 1 is 0.900 bits per heavy atom. The zero-order valence-electron chi connectivity index (χ0n) is 17.4. The third kappa shape index (κ3) is 5.14. The molecule has 0 aliphatic carbocycles. The summed E-state index contributed by atoms with van der Waals surface area (Å²) >= 11 is 0. The van der Waals surface area contributed by atoms with Crippen LogP contribution < -0.4 is 5.32 Å². The van der Waals surface area contributed by atoms with E-state index in [0.29, 0.717) is 12.1 Å². The van der Waals surface area contributed by atoms with Crippen molar-refractivity contribution in [2.45, 2.75) is 32.2 Å². The summed E-state index contributed by atoms with van der Waals surface area (Å²) in [5.74, 6) is -0.198. The van der Waals surface area contributed by atoms with Crippen LogP contribution in [0.15, 0.2) is 77.7 Å². The van der Waals surface area contributed by atoms with Gasteiger partial charge in [-0.3, -0.25) is 4.79 Å². The molecule has 0 unspecified atom stereocenters. The molecule has 0 spiro atoms. The monoisotopic (exact) mass is 422 g/mol. The van der Waals surface area contributed by atoms with Crippen molar-refractivity contribution in [2.75, 3.05) is 11.9 Å². The van der Waals surface area contributed by atoms with Crippen molar-refractivity contribution >= 4 is 21.6 Å². The molecule has 0 atom stereocenters. The number of carbonyl (C=O) groups excluding carboxylic acids is 1. The minimum absolute atomic E-state index is 0.198. The first-order valence-corrected chi connectivity index (χ1v) is 11.3. The zero-order chi connectivity index (χ0) is 21.7. The number of nitrogens with zero attached hydrogens (tertiary/aromatic N) is 1. The van der Waals surface area contributed by atoms with E-state index in [-0.39, 0.29) is 17.3 Å². The average molecular weight is 423 g/mol. The van der Waals surface area contributed by atoms with E-state index in [1.54, 1.807) is 54.6 Å². The van der Waals surface area contributed by atoms with Gasteiger partial charge in [-0.2, -0.15) is 4.31 Å². The molecule has 0 fully saturated rings. The number of rotatable bonds is 7. The summed E-state index contributed by atoms with van der Waals surface area (Å²) in [6.45, 7) is 6.38. The highest BCUT2D eigenvalue weighted by molar-refractivity contribution is 7.89. The Morgan fingerprint density at radius 2 is 1.50 bits per heavy atom. The molecule has 3 aromatic rings. The maximum Gasteiger partial charge on any atom is 0.255 e. The number of anilines is 1. The lowest BCUT2D eigenvalue weighted by Crippen LogP contribution is -2.30. The van der Waals surface area contributed by atoms with Gasteiger partial charge in [0.1, 0.15) is 0 Å². The van der Waals surface area contributed by atoms with Crippen LogP contribution in [-0.2, 0) is 16.6 Å². The molecule has 5 nitrogen and oxygen atoms in total. The number of amides is 1. The van der Waals surface area contributed by atoms with Gasteiger partial charge in [-0.15, -0.1) is 0 Å². The lowest BCUT2D eigenvalue weighted by atomic mass is 10.1. The molecule has 156 valence electrons. The first-order chi connectivity index (χ1) is 14.3. The fourth-order valence-electron chi connectivity index (χ4n) is 3.32. The van der Waals surface area contributed by atoms with Crippen LogP contribution in [0.3, 0.4) is 0 Å². The number of aryl methyl sites for hydroxylation is 2. The Labute approximate surface area is 178 Å². The summed E-state index contributed by atoms with van der Waals surface area (Å²) in [5.41, 5.74) is 4.26. The fraction of sp³-hybridized carbons (Fsp3) is 0.208. The number of nitrogens with one attached hydrogen (secondary N) is 1. The average Bonchev–Trinajstić information content (AvgIpc) is 2.72. The topological polar surface area (TPSA) is 66.5 Å². The molecule has 3 rings (SSSR count). The van der Waals surface area contributed by atoms with E-state index >= 15 is 0 Å². The standard InChI is InChI=1S/C24H26N2O3S/c1-4-26(30(28,29)23-8-6-5-7-9-23)17-20-10-12-21(13-11-20)24(27)25-22-15-18(2)14-19(3)16-22/h5-16H,4,17H2,1-3H3,(H,25,27). The van der Waals surface area contributed by atoms with Crippen LogP contribution in [0.1, 0.15) is 34.0 Å². The van der Waals surface area contributed by atoms with Crippen LogP contribution in [0.2, 0.25) is 0 Å². The molecule has 1 N–H and O–H groups in total. The second-order valence-electron chi connectivity index (χ2n) is 7.27. The van der Waals surface area contributed by atoms with E-state index in [1.807, 2.05) is 39.0 Å². The van der Waals surface area contributed by atoms with E-state index in [0.717, 1.165) is 22.4 Å². The first kappa shape index (κ1) is 21.7. The fourth-order valence-corrected chi connectivity index (χ4v) is 4.78. The van der Waals surface area contributed by atoms with Gasteiger partial charge in [-0.1, -0.05) is 43.3 Å². The second kappa shape index (κ2) is 9.24. The predicted molar refractivity (Wildman–Crippen MR) is 120 cm³/mol. The Bertz CT molecular complexity index is 1100. The molecular weight excluding hydrogens is 396 g/mol. The highest BCUT2D eigenvalue weighted by Crippen LogP contribution is 2.19. The number of benzene rings is 3. The largest absolute Gasteiger partial charge is 0.322 e. The number of sulfonamides is 1. The molecular formula is C24H26N2O3S. The Balaban J connectivity index is 1.72. The van der Waals surface area contributed by atoms with Gasteiger partial charge in [0.25, 0.3) is 5.91 Å². The van der Waals surface area contributed by atoms with Crippen molar-refractivity contribution in [3.05, 3.63) is 95.1 Å². The molecule has 0 aliphatic rings. The van der Waals surface area contributed by atoms with E-state index in [2.05, 4.69) is 5.32 Å². The van der Waals surface area contributed by atoms with Crippen molar-refractivity contribution in [3.63, 3.8) is 0 Å². The predicted octanol–water partition coefficient (Wildman–Crippen LogP) is 4.77. The molecule has 0 saturated heterocycles. The molecule has 30 heavy (non-hydrogen) atoms. The first-order valence-electron chi connectivity index (χ1n) is 9.83. The van der Waals surface area contributed by atoms with Gasteiger partial charge in [0.05, 0.1) is 4.90 Å². The lowest BCUT2D eigenvalue weighted by molar-refractivity contribution is 0.102. The third-order valence-corrected chi connectivity index (χ3v) is 6.72. The summed E-state index contributed by atoms with van der Waals surface area (Å²) in [5, 5.41) is 2.91. The van der Waals surface area contributed by atoms with Gasteiger partial charge in [0.15, 0.2) is 0 Å². The molecule has 0 heterocycles. The van der Waals surface area contributed by atoms with Crippen LogP contribution in [-0.4, -0.2) is 25.2 Å². The minimum atomic E-state index is -3.57. The van der Waals surface area contributed by atoms with E-state index < -0.39 is 10.0 Å². The van der Waals surface area contributed by atoms with E-state index in [1.165, 1.54) is 4.31 Å². The zero-order valence-corrected chi connectivity index (χ0v) is 18.2. The maximum absolute atomic E-state index is 12.9. The smallest absolute Gasteiger partial charge is 0.255 e. The Kier molecular flexibility index (Phi) is 6.70. The highest BCUT2D eigenvalue weighted by atomic mass is 32.2. The summed E-state index contributed by atoms with van der Waals surface area (Å²) in [7, 11) is -3.57. The summed E-state index contributed by atoms with van der Waals surface area (Å²) in [6.07, 6.45) is 0. The van der Waals surface area contributed by atoms with Crippen LogP contribution in [0.25, 0.3) is 0 Å².